The maximum atomic E-state index is 6.57. The van der Waals surface area contributed by atoms with E-state index in [0.29, 0.717) is 0 Å². The van der Waals surface area contributed by atoms with E-state index >= 15 is 0 Å². The van der Waals surface area contributed by atoms with E-state index in [0.717, 1.165) is 23.5 Å². The second kappa shape index (κ2) is 6.19. The van der Waals surface area contributed by atoms with Crippen molar-refractivity contribution < 1.29 is 9.47 Å². The van der Waals surface area contributed by atoms with Crippen LogP contribution in [0.1, 0.15) is 23.6 Å². The van der Waals surface area contributed by atoms with Crippen molar-refractivity contribution in [1.82, 2.24) is 0 Å². The van der Waals surface area contributed by atoms with Gasteiger partial charge in [-0.1, -0.05) is 29.8 Å². The summed E-state index contributed by atoms with van der Waals surface area (Å²) >= 11 is 0. The molecule has 2 rings (SSSR count). The topological polar surface area (TPSA) is 44.5 Å². The second-order valence-corrected chi connectivity index (χ2v) is 5.65. The Morgan fingerprint density at radius 3 is 2.24 bits per heavy atom. The number of nitrogens with two attached hydrogens (primary N) is 1. The molecule has 0 aliphatic carbocycles. The number of hydrogen-bond acceptors (Lipinski definition) is 3. The SMILES string of the molecule is COc1ccc(CC(C)(N)c2cc(C)ccc2OC)cc1. The summed E-state index contributed by atoms with van der Waals surface area (Å²) in [6.45, 7) is 4.10. The van der Waals surface area contributed by atoms with Crippen LogP contribution in [-0.2, 0) is 12.0 Å². The van der Waals surface area contributed by atoms with Crippen LogP contribution in [0.25, 0.3) is 0 Å². The number of hydrogen-bond donors (Lipinski definition) is 1. The van der Waals surface area contributed by atoms with Crippen LogP contribution in [0.3, 0.4) is 0 Å². The minimum atomic E-state index is -0.494. The summed E-state index contributed by atoms with van der Waals surface area (Å²) < 4.78 is 10.6. The molecule has 0 saturated carbocycles. The van der Waals surface area contributed by atoms with Crippen molar-refractivity contribution in [2.45, 2.75) is 25.8 Å². The van der Waals surface area contributed by atoms with Crippen LogP contribution in [0, 0.1) is 6.92 Å². The van der Waals surface area contributed by atoms with Gasteiger partial charge in [0.05, 0.1) is 14.2 Å². The van der Waals surface area contributed by atoms with Crippen molar-refractivity contribution in [3.63, 3.8) is 0 Å². The lowest BCUT2D eigenvalue weighted by molar-refractivity contribution is 0.386. The standard InChI is InChI=1S/C18H23NO2/c1-13-5-10-17(21-4)16(11-13)18(2,19)12-14-6-8-15(20-3)9-7-14/h5-11H,12,19H2,1-4H3. The third kappa shape index (κ3) is 3.56. The average Bonchev–Trinajstić information content (AvgIpc) is 2.47. The fourth-order valence-corrected chi connectivity index (χ4v) is 2.53. The molecule has 2 aromatic rings. The first-order valence-corrected chi connectivity index (χ1v) is 7.03. The van der Waals surface area contributed by atoms with Gasteiger partial charge in [0.25, 0.3) is 0 Å². The highest BCUT2D eigenvalue weighted by Crippen LogP contribution is 2.32. The fraction of sp³-hybridized carbons (Fsp3) is 0.333. The van der Waals surface area contributed by atoms with Crippen LogP contribution in [0.4, 0.5) is 0 Å². The third-order valence-electron chi connectivity index (χ3n) is 3.70. The quantitative estimate of drug-likeness (QED) is 0.915. The molecule has 0 bridgehead atoms. The van der Waals surface area contributed by atoms with E-state index in [1.165, 1.54) is 11.1 Å². The molecule has 0 fully saturated rings. The van der Waals surface area contributed by atoms with E-state index in [2.05, 4.69) is 13.0 Å². The van der Waals surface area contributed by atoms with E-state index in [4.69, 9.17) is 15.2 Å². The highest BCUT2D eigenvalue weighted by molar-refractivity contribution is 5.42. The lowest BCUT2D eigenvalue weighted by Crippen LogP contribution is -2.36. The van der Waals surface area contributed by atoms with Gasteiger partial charge in [0.2, 0.25) is 0 Å². The lowest BCUT2D eigenvalue weighted by Gasteiger charge is -2.27. The summed E-state index contributed by atoms with van der Waals surface area (Å²) in [7, 11) is 3.34. The summed E-state index contributed by atoms with van der Waals surface area (Å²) in [6, 6.07) is 14.1. The summed E-state index contributed by atoms with van der Waals surface area (Å²) in [5, 5.41) is 0. The molecule has 0 aromatic heterocycles. The summed E-state index contributed by atoms with van der Waals surface area (Å²) in [4.78, 5) is 0. The van der Waals surface area contributed by atoms with Gasteiger partial charge in [-0.2, -0.15) is 0 Å². The molecule has 2 aromatic carbocycles. The van der Waals surface area contributed by atoms with Crippen molar-refractivity contribution in [1.29, 1.82) is 0 Å². The molecular formula is C18H23NO2. The molecule has 0 aliphatic heterocycles. The molecule has 3 nitrogen and oxygen atoms in total. The Bertz CT molecular complexity index is 603. The van der Waals surface area contributed by atoms with Gasteiger partial charge in [-0.05, 0) is 44.0 Å². The van der Waals surface area contributed by atoms with Gasteiger partial charge >= 0.3 is 0 Å². The average molecular weight is 285 g/mol. The summed E-state index contributed by atoms with van der Waals surface area (Å²) in [5.74, 6) is 1.68. The molecule has 0 spiro atoms. The van der Waals surface area contributed by atoms with Crippen molar-refractivity contribution >= 4 is 0 Å². The molecule has 1 atom stereocenters. The van der Waals surface area contributed by atoms with Gasteiger partial charge in [0.1, 0.15) is 11.5 Å². The maximum Gasteiger partial charge on any atom is 0.123 e. The smallest absolute Gasteiger partial charge is 0.123 e. The van der Waals surface area contributed by atoms with Crippen LogP contribution < -0.4 is 15.2 Å². The Kier molecular flexibility index (Phi) is 4.53. The molecule has 0 saturated heterocycles. The predicted octanol–water partition coefficient (Wildman–Crippen LogP) is 3.43. The fourth-order valence-electron chi connectivity index (χ4n) is 2.53. The first-order chi connectivity index (χ1) is 9.96. The zero-order chi connectivity index (χ0) is 15.5. The highest BCUT2D eigenvalue weighted by Gasteiger charge is 2.25. The van der Waals surface area contributed by atoms with Gasteiger partial charge in [0, 0.05) is 11.1 Å². The minimum Gasteiger partial charge on any atom is -0.497 e. The minimum absolute atomic E-state index is 0.494. The second-order valence-electron chi connectivity index (χ2n) is 5.65. The molecule has 21 heavy (non-hydrogen) atoms. The molecule has 1 unspecified atom stereocenters. The van der Waals surface area contributed by atoms with Crippen LogP contribution in [-0.4, -0.2) is 14.2 Å². The third-order valence-corrected chi connectivity index (χ3v) is 3.70. The normalized spacial score (nSPS) is 13.6. The highest BCUT2D eigenvalue weighted by atomic mass is 16.5. The predicted molar refractivity (Wildman–Crippen MR) is 86.0 cm³/mol. The van der Waals surface area contributed by atoms with Crippen LogP contribution in [0.15, 0.2) is 42.5 Å². The summed E-state index contributed by atoms with van der Waals surface area (Å²) in [5.41, 5.74) is 9.46. The Labute approximate surface area is 126 Å². The Morgan fingerprint density at radius 2 is 1.67 bits per heavy atom. The molecule has 0 radical (unpaired) electrons. The molecule has 0 amide bonds. The number of benzene rings is 2. The van der Waals surface area contributed by atoms with Gasteiger partial charge in [-0.3, -0.25) is 0 Å². The van der Waals surface area contributed by atoms with E-state index in [1.807, 2.05) is 43.3 Å². The van der Waals surface area contributed by atoms with Crippen molar-refractivity contribution in [3.05, 3.63) is 59.2 Å². The molecule has 2 N–H and O–H groups in total. The van der Waals surface area contributed by atoms with Crippen LogP contribution in [0.2, 0.25) is 0 Å². The summed E-state index contributed by atoms with van der Waals surface area (Å²) in [6.07, 6.45) is 0.733. The largest absolute Gasteiger partial charge is 0.497 e. The van der Waals surface area contributed by atoms with E-state index in [-0.39, 0.29) is 0 Å². The number of methoxy groups -OCH3 is 2. The number of rotatable bonds is 5. The monoisotopic (exact) mass is 285 g/mol. The first kappa shape index (κ1) is 15.4. The van der Waals surface area contributed by atoms with Crippen LogP contribution in [0.5, 0.6) is 11.5 Å². The van der Waals surface area contributed by atoms with E-state index in [1.54, 1.807) is 14.2 Å². The Hall–Kier alpha value is -2.00. The molecule has 0 heterocycles. The van der Waals surface area contributed by atoms with Crippen molar-refractivity contribution in [2.75, 3.05) is 14.2 Å². The molecule has 0 aliphatic rings. The van der Waals surface area contributed by atoms with Crippen molar-refractivity contribution in [3.8, 4) is 11.5 Å². The molecular weight excluding hydrogens is 262 g/mol. The first-order valence-electron chi connectivity index (χ1n) is 7.03. The lowest BCUT2D eigenvalue weighted by atomic mass is 9.85. The van der Waals surface area contributed by atoms with Gasteiger partial charge in [0.15, 0.2) is 0 Å². The Balaban J connectivity index is 2.30. The maximum absolute atomic E-state index is 6.57. The number of aryl methyl sites for hydroxylation is 1. The Morgan fingerprint density at radius 1 is 1.00 bits per heavy atom. The van der Waals surface area contributed by atoms with Gasteiger partial charge < -0.3 is 15.2 Å². The van der Waals surface area contributed by atoms with E-state index in [9.17, 15) is 0 Å². The van der Waals surface area contributed by atoms with Crippen LogP contribution >= 0.6 is 0 Å². The van der Waals surface area contributed by atoms with Gasteiger partial charge in [-0.25, -0.2) is 0 Å². The van der Waals surface area contributed by atoms with E-state index < -0.39 is 5.54 Å². The number of ether oxygens (including phenoxy) is 2. The molecule has 3 heteroatoms. The zero-order valence-electron chi connectivity index (χ0n) is 13.1. The van der Waals surface area contributed by atoms with Gasteiger partial charge in [-0.15, -0.1) is 0 Å². The molecule has 112 valence electrons. The zero-order valence-corrected chi connectivity index (χ0v) is 13.1. The van der Waals surface area contributed by atoms with Crippen molar-refractivity contribution in [2.24, 2.45) is 5.73 Å².